The summed E-state index contributed by atoms with van der Waals surface area (Å²) in [6.45, 7) is 0.353. The Balaban J connectivity index is 2.19. The smallest absolute Gasteiger partial charge is 0.416 e. The average Bonchev–Trinajstić information content (AvgIpc) is 2.65. The van der Waals surface area contributed by atoms with Crippen molar-refractivity contribution < 1.29 is 50.2 Å². The Labute approximate surface area is 170 Å². The number of alkyl halides is 6. The van der Waals surface area contributed by atoms with Crippen LogP contribution >= 0.6 is 0 Å². The van der Waals surface area contributed by atoms with Crippen molar-refractivity contribution in [3.63, 3.8) is 0 Å². The number of aliphatic carboxylic acids is 1. The Kier molecular flexibility index (Phi) is 6.82. The second-order valence-corrected chi connectivity index (χ2v) is 6.39. The van der Waals surface area contributed by atoms with Crippen molar-refractivity contribution in [1.82, 2.24) is 0 Å². The first-order valence-electron chi connectivity index (χ1n) is 8.43. The highest BCUT2D eigenvalue weighted by Gasteiger charge is 2.36. The molecule has 0 bridgehead atoms. The summed E-state index contributed by atoms with van der Waals surface area (Å²) in [6, 6.07) is 3.77. The van der Waals surface area contributed by atoms with Crippen LogP contribution in [0.3, 0.4) is 0 Å². The molecule has 0 aliphatic heterocycles. The topological polar surface area (TPSA) is 75.6 Å². The van der Waals surface area contributed by atoms with Gasteiger partial charge in [-0.15, -0.1) is 0 Å². The number of hydrogen-bond donors (Lipinski definition) is 2. The van der Waals surface area contributed by atoms with Gasteiger partial charge in [-0.25, -0.2) is 4.39 Å². The maximum atomic E-state index is 14.1. The Morgan fingerprint density at radius 2 is 1.55 bits per heavy atom. The number of carbonyl (C=O) groups is 2. The fourth-order valence-corrected chi connectivity index (χ4v) is 2.31. The summed E-state index contributed by atoms with van der Waals surface area (Å²) >= 11 is 0. The number of carbonyl (C=O) groups excluding carboxylic acids is 1. The molecule has 2 N–H and O–H groups in total. The predicted molar refractivity (Wildman–Crippen MR) is 92.6 cm³/mol. The van der Waals surface area contributed by atoms with Crippen molar-refractivity contribution in [2.24, 2.45) is 5.92 Å². The lowest BCUT2D eigenvalue weighted by Gasteiger charge is -2.15. The Hall–Kier alpha value is -3.31. The van der Waals surface area contributed by atoms with Gasteiger partial charge < -0.3 is 15.2 Å². The third-order valence-corrected chi connectivity index (χ3v) is 4.02. The lowest BCUT2D eigenvalue weighted by molar-refractivity contribution is -0.145. The number of carboxylic acids is 1. The molecule has 0 fully saturated rings. The molecule has 2 aromatic rings. The van der Waals surface area contributed by atoms with Crippen LogP contribution in [-0.4, -0.2) is 17.0 Å². The van der Waals surface area contributed by atoms with E-state index in [4.69, 9.17) is 9.84 Å². The number of hydrogen-bond acceptors (Lipinski definition) is 3. The van der Waals surface area contributed by atoms with Crippen molar-refractivity contribution in [3.05, 3.63) is 58.9 Å². The van der Waals surface area contributed by atoms with Crippen molar-refractivity contribution in [1.29, 1.82) is 0 Å². The first kappa shape index (κ1) is 24.0. The van der Waals surface area contributed by atoms with Crippen LogP contribution in [0, 0.1) is 11.7 Å². The van der Waals surface area contributed by atoms with E-state index in [0.29, 0.717) is 12.1 Å². The second-order valence-electron chi connectivity index (χ2n) is 6.39. The average molecular weight is 453 g/mol. The van der Waals surface area contributed by atoms with Gasteiger partial charge in [0, 0.05) is 6.07 Å². The van der Waals surface area contributed by atoms with Crippen LogP contribution in [0.4, 0.5) is 36.4 Å². The largest absolute Gasteiger partial charge is 0.489 e. The summed E-state index contributed by atoms with van der Waals surface area (Å²) in [4.78, 5) is 22.4. The number of benzene rings is 2. The van der Waals surface area contributed by atoms with Gasteiger partial charge >= 0.3 is 18.3 Å². The van der Waals surface area contributed by atoms with E-state index >= 15 is 0 Å². The molecule has 12 heteroatoms. The number of amides is 1. The zero-order chi connectivity index (χ0) is 23.6. The number of halogens is 7. The van der Waals surface area contributed by atoms with Gasteiger partial charge in [0.2, 0.25) is 5.91 Å². The zero-order valence-corrected chi connectivity index (χ0v) is 15.6. The summed E-state index contributed by atoms with van der Waals surface area (Å²) in [7, 11) is 0. The van der Waals surface area contributed by atoms with Crippen molar-refractivity contribution in [3.8, 4) is 5.75 Å². The highest BCUT2D eigenvalue weighted by Crippen LogP contribution is 2.36. The minimum Gasteiger partial charge on any atom is -0.489 e. The number of rotatable bonds is 6. The SMILES string of the molecule is CC(C(=O)O)C(=O)Nc1ccc(OCc2cc(C(F)(F)F)cc(C(F)(F)F)c2)cc1F. The van der Waals surface area contributed by atoms with Gasteiger partial charge in [0.1, 0.15) is 24.1 Å². The molecule has 1 unspecified atom stereocenters. The number of ether oxygens (including phenoxy) is 1. The lowest BCUT2D eigenvalue weighted by atomic mass is 10.1. The molecule has 0 heterocycles. The third-order valence-electron chi connectivity index (χ3n) is 4.02. The molecule has 31 heavy (non-hydrogen) atoms. The molecular weight excluding hydrogens is 439 g/mol. The van der Waals surface area contributed by atoms with Gasteiger partial charge in [0.05, 0.1) is 16.8 Å². The van der Waals surface area contributed by atoms with Crippen molar-refractivity contribution in [2.45, 2.75) is 25.9 Å². The zero-order valence-electron chi connectivity index (χ0n) is 15.6. The fraction of sp³-hybridized carbons (Fsp3) is 0.263. The van der Waals surface area contributed by atoms with E-state index < -0.39 is 59.3 Å². The lowest BCUT2D eigenvalue weighted by Crippen LogP contribution is -2.27. The van der Waals surface area contributed by atoms with E-state index in [1.165, 1.54) is 0 Å². The molecule has 0 radical (unpaired) electrons. The summed E-state index contributed by atoms with van der Waals surface area (Å²) in [5, 5.41) is 10.8. The molecule has 2 rings (SSSR count). The summed E-state index contributed by atoms with van der Waals surface area (Å²) < 4.78 is 96.4. The predicted octanol–water partition coefficient (Wildman–Crippen LogP) is 5.10. The molecule has 0 saturated heterocycles. The molecule has 0 aliphatic carbocycles. The molecule has 5 nitrogen and oxygen atoms in total. The molecule has 168 valence electrons. The van der Waals surface area contributed by atoms with Crippen LogP contribution in [0.15, 0.2) is 36.4 Å². The Morgan fingerprint density at radius 1 is 1.00 bits per heavy atom. The standard InChI is InChI=1S/C19H14F7NO4/c1-9(17(29)30)16(28)27-15-3-2-13(7-14(15)20)31-8-10-4-11(18(21,22)23)6-12(5-10)19(24,25)26/h2-7,9H,8H2,1H3,(H,27,28)(H,29,30). The molecule has 0 aromatic heterocycles. The van der Waals surface area contributed by atoms with E-state index in [2.05, 4.69) is 0 Å². The summed E-state index contributed by atoms with van der Waals surface area (Å²) in [5.41, 5.74) is -3.87. The fourth-order valence-electron chi connectivity index (χ4n) is 2.31. The van der Waals surface area contributed by atoms with Crippen LogP contribution in [-0.2, 0) is 28.5 Å². The second kappa shape index (κ2) is 8.82. The molecule has 2 aromatic carbocycles. The quantitative estimate of drug-likeness (QED) is 0.472. The molecular formula is C19H14F7NO4. The number of nitrogens with one attached hydrogen (secondary N) is 1. The van der Waals surface area contributed by atoms with E-state index in [-0.39, 0.29) is 17.5 Å². The summed E-state index contributed by atoms with van der Waals surface area (Å²) in [5.74, 6) is -5.18. The van der Waals surface area contributed by atoms with Crippen molar-refractivity contribution >= 4 is 17.6 Å². The van der Waals surface area contributed by atoms with E-state index in [1.54, 1.807) is 0 Å². The maximum absolute atomic E-state index is 14.1. The van der Waals surface area contributed by atoms with Crippen molar-refractivity contribution in [2.75, 3.05) is 5.32 Å². The van der Waals surface area contributed by atoms with Crippen LogP contribution in [0.5, 0.6) is 5.75 Å². The Morgan fingerprint density at radius 3 is 2.00 bits per heavy atom. The maximum Gasteiger partial charge on any atom is 0.416 e. The van der Waals surface area contributed by atoms with Crippen LogP contribution < -0.4 is 10.1 Å². The molecule has 0 aliphatic rings. The van der Waals surface area contributed by atoms with Gasteiger partial charge in [-0.1, -0.05) is 0 Å². The van der Waals surface area contributed by atoms with Gasteiger partial charge in [-0.2, -0.15) is 26.3 Å². The minimum absolute atomic E-state index is 0.0290. The Bertz CT molecular complexity index is 954. The van der Waals surface area contributed by atoms with Gasteiger partial charge in [0.25, 0.3) is 0 Å². The highest BCUT2D eigenvalue weighted by atomic mass is 19.4. The van der Waals surface area contributed by atoms with E-state index in [1.807, 2.05) is 5.32 Å². The van der Waals surface area contributed by atoms with E-state index in [0.717, 1.165) is 25.1 Å². The minimum atomic E-state index is -5.02. The monoisotopic (exact) mass is 453 g/mol. The number of carboxylic acid groups (broad SMARTS) is 1. The van der Waals surface area contributed by atoms with Crippen LogP contribution in [0.25, 0.3) is 0 Å². The van der Waals surface area contributed by atoms with Gasteiger partial charge in [-0.3, -0.25) is 9.59 Å². The molecule has 0 spiro atoms. The summed E-state index contributed by atoms with van der Waals surface area (Å²) in [6.07, 6.45) is -10.0. The molecule has 0 saturated carbocycles. The van der Waals surface area contributed by atoms with Gasteiger partial charge in [-0.05, 0) is 42.8 Å². The third kappa shape index (κ3) is 6.33. The van der Waals surface area contributed by atoms with Gasteiger partial charge in [0.15, 0.2) is 0 Å². The van der Waals surface area contributed by atoms with Crippen LogP contribution in [0.1, 0.15) is 23.6 Å². The first-order valence-corrected chi connectivity index (χ1v) is 8.43. The highest BCUT2D eigenvalue weighted by molar-refractivity contribution is 6.03. The number of anilines is 1. The van der Waals surface area contributed by atoms with E-state index in [9.17, 15) is 40.3 Å². The molecule has 1 atom stereocenters. The molecule has 1 amide bonds. The van der Waals surface area contributed by atoms with Crippen LogP contribution in [0.2, 0.25) is 0 Å². The normalized spacial score (nSPS) is 12.9. The first-order chi connectivity index (χ1) is 14.2.